The largest absolute Gasteiger partial charge is 0.354 e. The van der Waals surface area contributed by atoms with E-state index in [1.165, 1.54) is 6.07 Å². The minimum absolute atomic E-state index is 0.0830. The van der Waals surface area contributed by atoms with E-state index in [4.69, 9.17) is 0 Å². The Morgan fingerprint density at radius 2 is 2.04 bits per heavy atom. The lowest BCUT2D eigenvalue weighted by molar-refractivity contribution is -0.123. The average Bonchev–Trinajstić information content (AvgIpc) is 2.68. The third-order valence-corrected chi connectivity index (χ3v) is 5.69. The van der Waals surface area contributed by atoms with Crippen molar-refractivity contribution in [3.63, 3.8) is 0 Å². The van der Waals surface area contributed by atoms with E-state index in [1.54, 1.807) is 12.1 Å². The molecule has 1 saturated heterocycles. The number of piperidine rings is 1. The highest BCUT2D eigenvalue weighted by Crippen LogP contribution is 2.34. The van der Waals surface area contributed by atoms with Gasteiger partial charge >= 0.3 is 0 Å². The van der Waals surface area contributed by atoms with Gasteiger partial charge in [-0.15, -0.1) is 5.10 Å². The maximum atomic E-state index is 13.6. The van der Waals surface area contributed by atoms with E-state index in [9.17, 15) is 9.18 Å². The Labute approximate surface area is 159 Å². The summed E-state index contributed by atoms with van der Waals surface area (Å²) < 4.78 is 13.6. The zero-order valence-corrected chi connectivity index (χ0v) is 15.9. The first-order valence-corrected chi connectivity index (χ1v) is 9.69. The topological polar surface area (TPSA) is 49.3 Å². The number of halogens is 1. The van der Waals surface area contributed by atoms with Gasteiger partial charge in [0.2, 0.25) is 5.91 Å². The number of aryl methyl sites for hydroxylation is 2. The van der Waals surface area contributed by atoms with Crippen LogP contribution in [0.15, 0.2) is 30.3 Å². The second-order valence-corrected chi connectivity index (χ2v) is 7.69. The summed E-state index contributed by atoms with van der Waals surface area (Å²) in [5.74, 6) is 0.643. The van der Waals surface area contributed by atoms with Gasteiger partial charge in [-0.1, -0.05) is 0 Å². The summed E-state index contributed by atoms with van der Waals surface area (Å²) in [4.78, 5) is 17.5. The summed E-state index contributed by atoms with van der Waals surface area (Å²) in [5.41, 5.74) is 2.68. The number of fused-ring (bicyclic) bond motifs is 1. The normalized spacial score (nSPS) is 22.5. The SMILES string of the molecule is Cc1ccc(N2CCCC(C(=O)N3c4ccc(F)cc4CCC3C)C2)nn1. The fourth-order valence-electron chi connectivity index (χ4n) is 4.20. The summed E-state index contributed by atoms with van der Waals surface area (Å²) in [5, 5.41) is 8.42. The number of anilines is 2. The fraction of sp³-hybridized carbons (Fsp3) is 0.476. The van der Waals surface area contributed by atoms with Crippen molar-refractivity contribution in [2.45, 2.75) is 45.6 Å². The van der Waals surface area contributed by atoms with Crippen molar-refractivity contribution >= 4 is 17.4 Å². The number of rotatable bonds is 2. The molecule has 5 nitrogen and oxygen atoms in total. The van der Waals surface area contributed by atoms with Gasteiger partial charge in [-0.2, -0.15) is 5.10 Å². The van der Waals surface area contributed by atoms with Crippen molar-refractivity contribution in [1.82, 2.24) is 10.2 Å². The lowest BCUT2D eigenvalue weighted by atomic mass is 9.91. The van der Waals surface area contributed by atoms with Gasteiger partial charge in [0.05, 0.1) is 11.6 Å². The van der Waals surface area contributed by atoms with Crippen molar-refractivity contribution in [2.24, 2.45) is 5.92 Å². The Morgan fingerprint density at radius 1 is 1.19 bits per heavy atom. The van der Waals surface area contributed by atoms with Crippen LogP contribution < -0.4 is 9.80 Å². The lowest BCUT2D eigenvalue weighted by Crippen LogP contribution is -2.49. The Bertz CT molecular complexity index is 839. The van der Waals surface area contributed by atoms with Crippen molar-refractivity contribution in [3.8, 4) is 0 Å². The van der Waals surface area contributed by atoms with Gasteiger partial charge in [0, 0.05) is 24.8 Å². The van der Waals surface area contributed by atoms with Crippen LogP contribution in [0.3, 0.4) is 0 Å². The number of nitrogens with zero attached hydrogens (tertiary/aromatic N) is 4. The molecule has 2 atom stereocenters. The molecule has 4 rings (SSSR count). The summed E-state index contributed by atoms with van der Waals surface area (Å²) >= 11 is 0. The molecule has 27 heavy (non-hydrogen) atoms. The monoisotopic (exact) mass is 368 g/mol. The van der Waals surface area contributed by atoms with Crippen LogP contribution >= 0.6 is 0 Å². The van der Waals surface area contributed by atoms with Gasteiger partial charge in [-0.05, 0) is 75.4 Å². The van der Waals surface area contributed by atoms with Gasteiger partial charge < -0.3 is 9.80 Å². The number of hydrogen-bond donors (Lipinski definition) is 0. The first kappa shape index (κ1) is 17.9. The molecule has 1 amide bonds. The molecular formula is C21H25FN4O. The molecule has 1 aromatic carbocycles. The summed E-state index contributed by atoms with van der Waals surface area (Å²) in [6.45, 7) is 5.53. The number of aromatic nitrogens is 2. The number of carbonyl (C=O) groups is 1. The van der Waals surface area contributed by atoms with E-state index in [0.29, 0.717) is 6.54 Å². The first-order valence-electron chi connectivity index (χ1n) is 9.69. The minimum atomic E-state index is -0.238. The van der Waals surface area contributed by atoms with Crippen LogP contribution in [0.5, 0.6) is 0 Å². The average molecular weight is 368 g/mol. The predicted octanol–water partition coefficient (Wildman–Crippen LogP) is 3.51. The zero-order chi connectivity index (χ0) is 19.0. The molecule has 0 bridgehead atoms. The molecule has 142 valence electrons. The highest BCUT2D eigenvalue weighted by molar-refractivity contribution is 5.97. The van der Waals surface area contributed by atoms with Crippen LogP contribution in [-0.2, 0) is 11.2 Å². The quantitative estimate of drug-likeness (QED) is 0.814. The number of benzene rings is 1. The molecule has 1 fully saturated rings. The van der Waals surface area contributed by atoms with Crippen LogP contribution in [0, 0.1) is 18.7 Å². The summed E-state index contributed by atoms with van der Waals surface area (Å²) in [6.07, 6.45) is 3.49. The van der Waals surface area contributed by atoms with Crippen molar-refractivity contribution in [1.29, 1.82) is 0 Å². The lowest BCUT2D eigenvalue weighted by Gasteiger charge is -2.40. The van der Waals surface area contributed by atoms with Gasteiger partial charge in [0.15, 0.2) is 5.82 Å². The van der Waals surface area contributed by atoms with E-state index in [0.717, 1.165) is 55.0 Å². The molecule has 0 N–H and O–H groups in total. The third-order valence-electron chi connectivity index (χ3n) is 5.69. The second kappa shape index (κ2) is 7.25. The predicted molar refractivity (Wildman–Crippen MR) is 103 cm³/mol. The minimum Gasteiger partial charge on any atom is -0.354 e. The van der Waals surface area contributed by atoms with Crippen LogP contribution in [0.25, 0.3) is 0 Å². The van der Waals surface area contributed by atoms with E-state index in [1.807, 2.05) is 24.0 Å². The maximum Gasteiger partial charge on any atom is 0.232 e. The third kappa shape index (κ3) is 3.53. The van der Waals surface area contributed by atoms with Gasteiger partial charge in [-0.3, -0.25) is 4.79 Å². The highest BCUT2D eigenvalue weighted by atomic mass is 19.1. The summed E-state index contributed by atoms with van der Waals surface area (Å²) in [7, 11) is 0. The Morgan fingerprint density at radius 3 is 2.81 bits per heavy atom. The van der Waals surface area contributed by atoms with E-state index < -0.39 is 0 Å². The molecule has 1 aromatic heterocycles. The highest BCUT2D eigenvalue weighted by Gasteiger charge is 2.35. The Kier molecular flexibility index (Phi) is 4.81. The molecular weight excluding hydrogens is 343 g/mol. The van der Waals surface area contributed by atoms with E-state index in [-0.39, 0.29) is 23.7 Å². The van der Waals surface area contributed by atoms with Crippen LogP contribution in [0.4, 0.5) is 15.9 Å². The van der Waals surface area contributed by atoms with Crippen LogP contribution in [0.1, 0.15) is 37.4 Å². The number of amides is 1. The molecule has 0 aliphatic carbocycles. The fourth-order valence-corrected chi connectivity index (χ4v) is 4.20. The molecule has 2 unspecified atom stereocenters. The smallest absolute Gasteiger partial charge is 0.232 e. The van der Waals surface area contributed by atoms with Gasteiger partial charge in [0.1, 0.15) is 5.82 Å². The molecule has 0 saturated carbocycles. The molecule has 2 aromatic rings. The molecule has 2 aliphatic heterocycles. The van der Waals surface area contributed by atoms with Crippen LogP contribution in [-0.4, -0.2) is 35.2 Å². The van der Waals surface area contributed by atoms with E-state index >= 15 is 0 Å². The standard InChI is InChI=1S/C21H25FN4O/c1-14-5-10-20(24-23-14)25-11-3-4-17(13-25)21(27)26-15(2)6-7-16-12-18(22)8-9-19(16)26/h5,8-10,12,15,17H,3-4,6-7,11,13H2,1-2H3. The first-order chi connectivity index (χ1) is 13.0. The molecule has 3 heterocycles. The molecule has 0 radical (unpaired) electrons. The molecule has 0 spiro atoms. The van der Waals surface area contributed by atoms with Gasteiger partial charge in [0.25, 0.3) is 0 Å². The number of hydrogen-bond acceptors (Lipinski definition) is 4. The second-order valence-electron chi connectivity index (χ2n) is 7.69. The molecule has 6 heteroatoms. The Hall–Kier alpha value is -2.50. The summed E-state index contributed by atoms with van der Waals surface area (Å²) in [6, 6.07) is 8.82. The van der Waals surface area contributed by atoms with Crippen molar-refractivity contribution < 1.29 is 9.18 Å². The van der Waals surface area contributed by atoms with Crippen molar-refractivity contribution in [2.75, 3.05) is 22.9 Å². The van der Waals surface area contributed by atoms with E-state index in [2.05, 4.69) is 22.0 Å². The van der Waals surface area contributed by atoms with Crippen LogP contribution in [0.2, 0.25) is 0 Å². The Balaban J connectivity index is 1.56. The number of carbonyl (C=O) groups excluding carboxylic acids is 1. The maximum absolute atomic E-state index is 13.6. The zero-order valence-electron chi connectivity index (χ0n) is 15.9. The molecule has 2 aliphatic rings. The van der Waals surface area contributed by atoms with Gasteiger partial charge in [-0.25, -0.2) is 4.39 Å². The van der Waals surface area contributed by atoms with Crippen molar-refractivity contribution in [3.05, 3.63) is 47.4 Å².